The lowest BCUT2D eigenvalue weighted by Gasteiger charge is -2.07. The van der Waals surface area contributed by atoms with Gasteiger partial charge < -0.3 is 10.1 Å². The standard InChI is InChI=1S/C18H20ClNO/c1-2-13-21-18-9-5-16(6-10-18)14-20-12-11-15-3-7-17(19)8-4-15/h2-10,20H,1,11-14H2. The van der Waals surface area contributed by atoms with Crippen molar-refractivity contribution in [2.75, 3.05) is 13.2 Å². The van der Waals surface area contributed by atoms with Crippen molar-refractivity contribution in [2.24, 2.45) is 0 Å². The lowest BCUT2D eigenvalue weighted by molar-refractivity contribution is 0.363. The van der Waals surface area contributed by atoms with Crippen LogP contribution >= 0.6 is 11.6 Å². The van der Waals surface area contributed by atoms with Gasteiger partial charge in [0.2, 0.25) is 0 Å². The summed E-state index contributed by atoms with van der Waals surface area (Å²) >= 11 is 5.87. The summed E-state index contributed by atoms with van der Waals surface area (Å²) in [5.74, 6) is 0.875. The topological polar surface area (TPSA) is 21.3 Å². The van der Waals surface area contributed by atoms with Gasteiger partial charge in [-0.25, -0.2) is 0 Å². The first-order valence-corrected chi connectivity index (χ1v) is 7.43. The lowest BCUT2D eigenvalue weighted by atomic mass is 10.1. The molecule has 0 saturated carbocycles. The molecule has 0 aliphatic rings. The van der Waals surface area contributed by atoms with Gasteiger partial charge in [0.1, 0.15) is 12.4 Å². The molecule has 0 unspecified atom stereocenters. The third-order valence-corrected chi connectivity index (χ3v) is 3.38. The van der Waals surface area contributed by atoms with Crippen LogP contribution in [0.5, 0.6) is 5.75 Å². The van der Waals surface area contributed by atoms with Gasteiger partial charge in [-0.3, -0.25) is 0 Å². The maximum absolute atomic E-state index is 5.87. The van der Waals surface area contributed by atoms with Gasteiger partial charge in [-0.2, -0.15) is 0 Å². The fraction of sp³-hybridized carbons (Fsp3) is 0.222. The Balaban J connectivity index is 1.70. The third-order valence-electron chi connectivity index (χ3n) is 3.12. The molecule has 0 aliphatic carbocycles. The SMILES string of the molecule is C=CCOc1ccc(CNCCc2ccc(Cl)cc2)cc1. The first-order chi connectivity index (χ1) is 10.3. The molecule has 0 atom stereocenters. The number of ether oxygens (including phenoxy) is 1. The van der Waals surface area contributed by atoms with Gasteiger partial charge in [0.05, 0.1) is 0 Å². The van der Waals surface area contributed by atoms with E-state index >= 15 is 0 Å². The molecule has 1 N–H and O–H groups in total. The van der Waals surface area contributed by atoms with Gasteiger partial charge in [-0.15, -0.1) is 0 Å². The fourth-order valence-corrected chi connectivity index (χ4v) is 2.10. The number of nitrogens with one attached hydrogen (secondary N) is 1. The van der Waals surface area contributed by atoms with Crippen molar-refractivity contribution < 1.29 is 4.74 Å². The molecule has 0 heterocycles. The van der Waals surface area contributed by atoms with Gasteiger partial charge >= 0.3 is 0 Å². The summed E-state index contributed by atoms with van der Waals surface area (Å²) < 4.78 is 5.45. The molecule has 0 aromatic heterocycles. The zero-order valence-corrected chi connectivity index (χ0v) is 12.8. The summed E-state index contributed by atoms with van der Waals surface area (Å²) in [7, 11) is 0. The molecule has 0 fully saturated rings. The van der Waals surface area contributed by atoms with Crippen LogP contribution in [0.3, 0.4) is 0 Å². The molecule has 2 aromatic rings. The van der Waals surface area contributed by atoms with E-state index in [0.29, 0.717) is 6.61 Å². The van der Waals surface area contributed by atoms with Crippen LogP contribution in [-0.4, -0.2) is 13.2 Å². The second-order valence-corrected chi connectivity index (χ2v) is 5.23. The first-order valence-electron chi connectivity index (χ1n) is 7.06. The molecule has 0 saturated heterocycles. The molecule has 3 heteroatoms. The van der Waals surface area contributed by atoms with Gasteiger partial charge in [0, 0.05) is 11.6 Å². The van der Waals surface area contributed by atoms with E-state index in [-0.39, 0.29) is 0 Å². The van der Waals surface area contributed by atoms with Gasteiger partial charge in [-0.05, 0) is 48.4 Å². The predicted octanol–water partition coefficient (Wildman–Crippen LogP) is 4.24. The summed E-state index contributed by atoms with van der Waals surface area (Å²) in [6.45, 7) is 5.97. The highest BCUT2D eigenvalue weighted by atomic mass is 35.5. The minimum atomic E-state index is 0.540. The first kappa shape index (κ1) is 15.6. The van der Waals surface area contributed by atoms with E-state index < -0.39 is 0 Å². The molecule has 110 valence electrons. The zero-order chi connectivity index (χ0) is 14.9. The van der Waals surface area contributed by atoms with Gasteiger partial charge in [0.15, 0.2) is 0 Å². The molecule has 2 rings (SSSR count). The largest absolute Gasteiger partial charge is 0.490 e. The molecule has 2 aromatic carbocycles. The average Bonchev–Trinajstić information content (AvgIpc) is 2.52. The van der Waals surface area contributed by atoms with E-state index in [2.05, 4.69) is 36.2 Å². The van der Waals surface area contributed by atoms with Crippen LogP contribution in [0.25, 0.3) is 0 Å². The highest BCUT2D eigenvalue weighted by molar-refractivity contribution is 6.30. The summed E-state index contributed by atoms with van der Waals surface area (Å²) in [5.41, 5.74) is 2.54. The highest BCUT2D eigenvalue weighted by Crippen LogP contribution is 2.12. The number of hydrogen-bond donors (Lipinski definition) is 1. The second-order valence-electron chi connectivity index (χ2n) is 4.80. The highest BCUT2D eigenvalue weighted by Gasteiger charge is 1.96. The Morgan fingerprint density at radius 3 is 2.33 bits per heavy atom. The molecule has 0 spiro atoms. The monoisotopic (exact) mass is 301 g/mol. The van der Waals surface area contributed by atoms with E-state index in [0.717, 1.165) is 30.3 Å². The Labute approximate surface area is 131 Å². The Hall–Kier alpha value is -1.77. The number of rotatable bonds is 8. The molecule has 2 nitrogen and oxygen atoms in total. The molecule has 21 heavy (non-hydrogen) atoms. The predicted molar refractivity (Wildman–Crippen MR) is 89.0 cm³/mol. The quantitative estimate of drug-likeness (QED) is 0.582. The van der Waals surface area contributed by atoms with E-state index in [9.17, 15) is 0 Å². The molecule has 0 amide bonds. The summed E-state index contributed by atoms with van der Waals surface area (Å²) in [6.07, 6.45) is 2.74. The van der Waals surface area contributed by atoms with Crippen LogP contribution in [0.2, 0.25) is 5.02 Å². The van der Waals surface area contributed by atoms with Gasteiger partial charge in [0.25, 0.3) is 0 Å². The van der Waals surface area contributed by atoms with Crippen LogP contribution in [0.1, 0.15) is 11.1 Å². The fourth-order valence-electron chi connectivity index (χ4n) is 1.98. The number of hydrogen-bond acceptors (Lipinski definition) is 2. The minimum absolute atomic E-state index is 0.540. The maximum Gasteiger partial charge on any atom is 0.119 e. The molecule has 0 bridgehead atoms. The van der Waals surface area contributed by atoms with Crippen LogP contribution in [-0.2, 0) is 13.0 Å². The molecule has 0 radical (unpaired) electrons. The molecular weight excluding hydrogens is 282 g/mol. The van der Waals surface area contributed by atoms with E-state index in [4.69, 9.17) is 16.3 Å². The van der Waals surface area contributed by atoms with Crippen molar-refractivity contribution in [1.82, 2.24) is 5.32 Å². The van der Waals surface area contributed by atoms with E-state index in [1.54, 1.807) is 6.08 Å². The van der Waals surface area contributed by atoms with Crippen molar-refractivity contribution in [3.8, 4) is 5.75 Å². The Kier molecular flexibility index (Phi) is 6.32. The molecular formula is C18H20ClNO. The Morgan fingerprint density at radius 2 is 1.67 bits per heavy atom. The zero-order valence-electron chi connectivity index (χ0n) is 12.0. The van der Waals surface area contributed by atoms with E-state index in [1.807, 2.05) is 24.3 Å². The summed E-state index contributed by atoms with van der Waals surface area (Å²) in [4.78, 5) is 0. The van der Waals surface area contributed by atoms with Crippen LogP contribution in [0.4, 0.5) is 0 Å². The van der Waals surface area contributed by atoms with Crippen LogP contribution < -0.4 is 10.1 Å². The Morgan fingerprint density at radius 1 is 1.00 bits per heavy atom. The van der Waals surface area contributed by atoms with Crippen molar-refractivity contribution in [1.29, 1.82) is 0 Å². The van der Waals surface area contributed by atoms with Crippen molar-refractivity contribution in [3.63, 3.8) is 0 Å². The second kappa shape index (κ2) is 8.50. The van der Waals surface area contributed by atoms with Crippen molar-refractivity contribution in [3.05, 3.63) is 77.3 Å². The summed E-state index contributed by atoms with van der Waals surface area (Å²) in [6, 6.07) is 16.1. The molecule has 0 aliphatic heterocycles. The van der Waals surface area contributed by atoms with Crippen LogP contribution in [0.15, 0.2) is 61.2 Å². The maximum atomic E-state index is 5.87. The average molecular weight is 302 g/mol. The Bertz CT molecular complexity index is 548. The number of halogens is 1. The van der Waals surface area contributed by atoms with Gasteiger partial charge in [-0.1, -0.05) is 48.5 Å². The minimum Gasteiger partial charge on any atom is -0.490 e. The normalized spacial score (nSPS) is 10.3. The third kappa shape index (κ3) is 5.62. The lowest BCUT2D eigenvalue weighted by Crippen LogP contribution is -2.16. The van der Waals surface area contributed by atoms with E-state index in [1.165, 1.54) is 11.1 Å². The van der Waals surface area contributed by atoms with Crippen LogP contribution in [0, 0.1) is 0 Å². The number of benzene rings is 2. The van der Waals surface area contributed by atoms with Crippen molar-refractivity contribution in [2.45, 2.75) is 13.0 Å². The van der Waals surface area contributed by atoms with Crippen molar-refractivity contribution >= 4 is 11.6 Å². The smallest absolute Gasteiger partial charge is 0.119 e. The summed E-state index contributed by atoms with van der Waals surface area (Å²) in [5, 5.41) is 4.22.